The zero-order chi connectivity index (χ0) is 15.4. The Balaban J connectivity index is 2.05. The Morgan fingerprint density at radius 1 is 1.24 bits per heavy atom. The molecule has 3 nitrogen and oxygen atoms in total. The zero-order valence-electron chi connectivity index (χ0n) is 14.1. The largest absolute Gasteiger partial charge is 0.323 e. The minimum atomic E-state index is 0.113. The molecular weight excluding hydrogens is 258 g/mol. The first-order valence-corrected chi connectivity index (χ1v) is 8.26. The van der Waals surface area contributed by atoms with Gasteiger partial charge in [0.15, 0.2) is 0 Å². The second-order valence-electron chi connectivity index (χ2n) is 6.62. The molecule has 3 heteroatoms. The van der Waals surface area contributed by atoms with Gasteiger partial charge in [-0.05, 0) is 63.5 Å². The highest BCUT2D eigenvalue weighted by Crippen LogP contribution is 2.19. The fourth-order valence-corrected chi connectivity index (χ4v) is 3.27. The van der Waals surface area contributed by atoms with Gasteiger partial charge < -0.3 is 10.6 Å². The summed E-state index contributed by atoms with van der Waals surface area (Å²) in [6.07, 6.45) is 2.44. The molecule has 1 aromatic rings. The summed E-state index contributed by atoms with van der Waals surface area (Å²) in [4.78, 5) is 5.05. The van der Waals surface area contributed by atoms with Crippen molar-refractivity contribution in [2.24, 2.45) is 5.73 Å². The molecule has 0 bridgehead atoms. The van der Waals surface area contributed by atoms with E-state index in [2.05, 4.69) is 55.8 Å². The maximum Gasteiger partial charge on any atom is 0.0424 e. The van der Waals surface area contributed by atoms with E-state index < -0.39 is 0 Å². The molecule has 1 heterocycles. The smallest absolute Gasteiger partial charge is 0.0424 e. The van der Waals surface area contributed by atoms with Crippen molar-refractivity contribution in [2.45, 2.75) is 45.7 Å². The van der Waals surface area contributed by atoms with Crippen molar-refractivity contribution in [3.05, 3.63) is 34.9 Å². The van der Waals surface area contributed by atoms with E-state index in [1.165, 1.54) is 42.6 Å². The van der Waals surface area contributed by atoms with Gasteiger partial charge in [-0.3, -0.25) is 4.90 Å². The molecule has 2 N–H and O–H groups in total. The number of nitrogens with zero attached hydrogens (tertiary/aromatic N) is 2. The Morgan fingerprint density at radius 3 is 2.67 bits per heavy atom. The molecule has 1 fully saturated rings. The number of hydrogen-bond donors (Lipinski definition) is 1. The van der Waals surface area contributed by atoms with Crippen molar-refractivity contribution >= 4 is 0 Å². The first-order valence-electron chi connectivity index (χ1n) is 8.26. The number of likely N-dealkylation sites (N-methyl/N-ethyl adjacent to an activating group) is 1. The summed E-state index contributed by atoms with van der Waals surface area (Å²) in [6.45, 7) is 11.1. The van der Waals surface area contributed by atoms with Gasteiger partial charge in [-0.15, -0.1) is 0 Å². The van der Waals surface area contributed by atoms with Crippen LogP contribution in [-0.4, -0.2) is 49.1 Å². The second-order valence-corrected chi connectivity index (χ2v) is 6.62. The number of nitrogens with two attached hydrogens (primary N) is 1. The van der Waals surface area contributed by atoms with Crippen molar-refractivity contribution in [3.8, 4) is 0 Å². The molecule has 2 atom stereocenters. The van der Waals surface area contributed by atoms with Crippen LogP contribution in [0.2, 0.25) is 0 Å². The average molecular weight is 289 g/mol. The van der Waals surface area contributed by atoms with Crippen molar-refractivity contribution in [3.63, 3.8) is 0 Å². The van der Waals surface area contributed by atoms with Gasteiger partial charge >= 0.3 is 0 Å². The van der Waals surface area contributed by atoms with Crippen molar-refractivity contribution < 1.29 is 0 Å². The van der Waals surface area contributed by atoms with Crippen LogP contribution >= 0.6 is 0 Å². The molecule has 1 aromatic carbocycles. The van der Waals surface area contributed by atoms with Crippen LogP contribution in [0.4, 0.5) is 0 Å². The lowest BCUT2D eigenvalue weighted by Crippen LogP contribution is -2.43. The Hall–Kier alpha value is -0.900. The van der Waals surface area contributed by atoms with Crippen molar-refractivity contribution in [1.82, 2.24) is 9.80 Å². The predicted octanol–water partition coefficient (Wildman–Crippen LogP) is 2.72. The highest BCUT2D eigenvalue weighted by molar-refractivity contribution is 5.31. The van der Waals surface area contributed by atoms with Gasteiger partial charge in [-0.1, -0.05) is 25.1 Å². The molecule has 2 rings (SSSR count). The molecule has 0 radical (unpaired) electrons. The molecule has 0 spiro atoms. The van der Waals surface area contributed by atoms with Crippen LogP contribution in [0.3, 0.4) is 0 Å². The molecule has 1 saturated heterocycles. The van der Waals surface area contributed by atoms with Gasteiger partial charge in [-0.25, -0.2) is 0 Å². The fraction of sp³-hybridized carbons (Fsp3) is 0.667. The summed E-state index contributed by atoms with van der Waals surface area (Å²) in [5.41, 5.74) is 10.4. The molecule has 1 aliphatic rings. The Kier molecular flexibility index (Phi) is 5.80. The molecule has 0 aromatic heterocycles. The summed E-state index contributed by atoms with van der Waals surface area (Å²) < 4.78 is 0. The van der Waals surface area contributed by atoms with E-state index in [-0.39, 0.29) is 6.04 Å². The lowest BCUT2D eigenvalue weighted by Gasteiger charge is -2.32. The number of benzene rings is 1. The molecule has 0 aliphatic carbocycles. The fourth-order valence-electron chi connectivity index (χ4n) is 3.27. The van der Waals surface area contributed by atoms with E-state index >= 15 is 0 Å². The monoisotopic (exact) mass is 289 g/mol. The van der Waals surface area contributed by atoms with Crippen LogP contribution in [0.25, 0.3) is 0 Å². The van der Waals surface area contributed by atoms with Crippen LogP contribution in [0.1, 0.15) is 42.5 Å². The van der Waals surface area contributed by atoms with Crippen LogP contribution in [0.15, 0.2) is 18.2 Å². The number of rotatable bonds is 4. The molecule has 2 unspecified atom stereocenters. The van der Waals surface area contributed by atoms with Gasteiger partial charge in [0.25, 0.3) is 0 Å². The first kappa shape index (κ1) is 16.5. The van der Waals surface area contributed by atoms with E-state index in [4.69, 9.17) is 5.73 Å². The van der Waals surface area contributed by atoms with Crippen LogP contribution in [-0.2, 0) is 0 Å². The quantitative estimate of drug-likeness (QED) is 0.925. The van der Waals surface area contributed by atoms with Crippen LogP contribution < -0.4 is 5.73 Å². The van der Waals surface area contributed by atoms with Crippen LogP contribution in [0, 0.1) is 13.8 Å². The number of hydrogen-bond acceptors (Lipinski definition) is 3. The van der Waals surface area contributed by atoms with Crippen molar-refractivity contribution in [1.29, 1.82) is 0 Å². The van der Waals surface area contributed by atoms with Gasteiger partial charge in [-0.2, -0.15) is 0 Å². The predicted molar refractivity (Wildman–Crippen MR) is 90.6 cm³/mol. The second kappa shape index (κ2) is 7.39. The molecule has 0 amide bonds. The van der Waals surface area contributed by atoms with E-state index in [1.54, 1.807) is 0 Å². The normalized spacial score (nSPS) is 23.0. The lowest BCUT2D eigenvalue weighted by molar-refractivity contribution is 0.174. The van der Waals surface area contributed by atoms with Crippen LogP contribution in [0.5, 0.6) is 0 Å². The number of aryl methyl sites for hydroxylation is 2. The third-order valence-electron chi connectivity index (χ3n) is 4.89. The van der Waals surface area contributed by atoms with E-state index in [9.17, 15) is 0 Å². The molecule has 21 heavy (non-hydrogen) atoms. The summed E-state index contributed by atoms with van der Waals surface area (Å²) in [5.74, 6) is 0. The molecule has 118 valence electrons. The standard InChI is InChI=1S/C18H31N3/c1-5-17-12-20(4)9-6-10-21(17)13-18(19)16-8-7-14(2)15(3)11-16/h7-8,11,17-18H,5-6,9-10,12-13,19H2,1-4H3. The third kappa shape index (κ3) is 4.29. The molecule has 1 aliphatic heterocycles. The highest BCUT2D eigenvalue weighted by atomic mass is 15.2. The zero-order valence-corrected chi connectivity index (χ0v) is 14.1. The summed E-state index contributed by atoms with van der Waals surface area (Å²) in [6, 6.07) is 7.39. The van der Waals surface area contributed by atoms with Gasteiger partial charge in [0.05, 0.1) is 0 Å². The lowest BCUT2D eigenvalue weighted by atomic mass is 10.0. The van der Waals surface area contributed by atoms with Gasteiger partial charge in [0.2, 0.25) is 0 Å². The topological polar surface area (TPSA) is 32.5 Å². The summed E-state index contributed by atoms with van der Waals surface area (Å²) >= 11 is 0. The SMILES string of the molecule is CCC1CN(C)CCCN1CC(N)c1ccc(C)c(C)c1. The minimum Gasteiger partial charge on any atom is -0.323 e. The maximum absolute atomic E-state index is 6.49. The van der Waals surface area contributed by atoms with E-state index in [1.807, 2.05) is 0 Å². The third-order valence-corrected chi connectivity index (χ3v) is 4.89. The van der Waals surface area contributed by atoms with E-state index in [0.717, 1.165) is 13.1 Å². The maximum atomic E-state index is 6.49. The van der Waals surface area contributed by atoms with Crippen molar-refractivity contribution in [2.75, 3.05) is 33.2 Å². The molecule has 0 saturated carbocycles. The highest BCUT2D eigenvalue weighted by Gasteiger charge is 2.23. The summed E-state index contributed by atoms with van der Waals surface area (Å²) in [7, 11) is 2.23. The minimum absolute atomic E-state index is 0.113. The van der Waals surface area contributed by atoms with E-state index in [0.29, 0.717) is 6.04 Å². The first-order chi connectivity index (χ1) is 10.0. The van der Waals surface area contributed by atoms with Gasteiger partial charge in [0.1, 0.15) is 0 Å². The Morgan fingerprint density at radius 2 is 2.00 bits per heavy atom. The van der Waals surface area contributed by atoms with Gasteiger partial charge in [0, 0.05) is 25.2 Å². The summed E-state index contributed by atoms with van der Waals surface area (Å²) in [5, 5.41) is 0. The molecular formula is C18H31N3. The average Bonchev–Trinajstić information content (AvgIpc) is 2.63. The Bertz CT molecular complexity index is 458. The Labute approximate surface area is 130 Å².